The van der Waals surface area contributed by atoms with E-state index in [2.05, 4.69) is 5.32 Å². The fraction of sp³-hybridized carbons (Fsp3) is 0.300. The minimum atomic E-state index is -0.322. The van der Waals surface area contributed by atoms with E-state index in [0.717, 1.165) is 28.1 Å². The molecule has 2 aromatic carbocycles. The first-order valence-electron chi connectivity index (χ1n) is 8.20. The number of hydrogen-bond acceptors (Lipinski definition) is 2. The van der Waals surface area contributed by atoms with Crippen molar-refractivity contribution in [2.24, 2.45) is 5.92 Å². The first-order valence-corrected chi connectivity index (χ1v) is 8.20. The van der Waals surface area contributed by atoms with Crippen LogP contribution in [0, 0.1) is 26.7 Å². The molecule has 1 aliphatic rings. The Morgan fingerprint density at radius 2 is 1.75 bits per heavy atom. The summed E-state index contributed by atoms with van der Waals surface area (Å²) in [4.78, 5) is 26.7. The summed E-state index contributed by atoms with van der Waals surface area (Å²) >= 11 is 0. The van der Waals surface area contributed by atoms with E-state index < -0.39 is 0 Å². The molecule has 3 rings (SSSR count). The van der Waals surface area contributed by atoms with Crippen LogP contribution in [0.5, 0.6) is 0 Å². The van der Waals surface area contributed by atoms with Gasteiger partial charge in [0.2, 0.25) is 11.8 Å². The number of carbonyl (C=O) groups is 2. The third-order valence-corrected chi connectivity index (χ3v) is 4.76. The maximum Gasteiger partial charge on any atom is 0.229 e. The van der Waals surface area contributed by atoms with Crippen LogP contribution in [0.4, 0.5) is 11.4 Å². The van der Waals surface area contributed by atoms with Gasteiger partial charge in [-0.05, 0) is 49.6 Å². The lowest BCUT2D eigenvalue weighted by Crippen LogP contribution is -2.28. The normalized spacial score (nSPS) is 17.2. The molecule has 2 aromatic rings. The molecule has 2 amide bonds. The Morgan fingerprint density at radius 1 is 1.04 bits per heavy atom. The highest BCUT2D eigenvalue weighted by molar-refractivity contribution is 6.04. The van der Waals surface area contributed by atoms with Crippen LogP contribution in [0.2, 0.25) is 0 Å². The quantitative estimate of drug-likeness (QED) is 0.938. The van der Waals surface area contributed by atoms with E-state index in [1.807, 2.05) is 63.2 Å². The summed E-state index contributed by atoms with van der Waals surface area (Å²) in [7, 11) is 0. The van der Waals surface area contributed by atoms with Gasteiger partial charge in [-0.15, -0.1) is 0 Å². The Labute approximate surface area is 142 Å². The Hall–Kier alpha value is -2.62. The van der Waals surface area contributed by atoms with Gasteiger partial charge in [0.15, 0.2) is 0 Å². The van der Waals surface area contributed by atoms with Gasteiger partial charge in [-0.1, -0.05) is 30.3 Å². The molecule has 0 aliphatic carbocycles. The molecule has 4 heteroatoms. The largest absolute Gasteiger partial charge is 0.326 e. The predicted molar refractivity (Wildman–Crippen MR) is 96.2 cm³/mol. The highest BCUT2D eigenvalue weighted by Gasteiger charge is 2.35. The molecular formula is C20H22N2O2. The molecule has 1 unspecified atom stereocenters. The van der Waals surface area contributed by atoms with Gasteiger partial charge < -0.3 is 10.2 Å². The van der Waals surface area contributed by atoms with E-state index in [1.165, 1.54) is 0 Å². The van der Waals surface area contributed by atoms with Crippen LogP contribution in [-0.4, -0.2) is 18.4 Å². The van der Waals surface area contributed by atoms with Gasteiger partial charge in [-0.3, -0.25) is 9.59 Å². The maximum absolute atomic E-state index is 12.6. The molecule has 1 aliphatic heterocycles. The predicted octanol–water partition coefficient (Wildman–Crippen LogP) is 3.60. The van der Waals surface area contributed by atoms with Crippen LogP contribution in [-0.2, 0) is 9.59 Å². The van der Waals surface area contributed by atoms with Gasteiger partial charge in [0.25, 0.3) is 0 Å². The van der Waals surface area contributed by atoms with Gasteiger partial charge in [0.05, 0.1) is 5.92 Å². The lowest BCUT2D eigenvalue weighted by Gasteiger charge is -2.19. The van der Waals surface area contributed by atoms with E-state index >= 15 is 0 Å². The van der Waals surface area contributed by atoms with Crippen LogP contribution >= 0.6 is 0 Å². The standard InChI is InChI=1S/C20H22N2O2/c1-13-8-6-9-17(15(13)3)21-20(24)16-11-19(23)22(12-16)18-10-5-4-7-14(18)2/h4-10,16H,11-12H2,1-3H3,(H,21,24). The third-order valence-electron chi connectivity index (χ3n) is 4.76. The molecule has 1 N–H and O–H groups in total. The minimum Gasteiger partial charge on any atom is -0.326 e. The highest BCUT2D eigenvalue weighted by atomic mass is 16.2. The zero-order valence-electron chi connectivity index (χ0n) is 14.3. The second-order valence-corrected chi connectivity index (χ2v) is 6.43. The second kappa shape index (κ2) is 6.48. The summed E-state index contributed by atoms with van der Waals surface area (Å²) in [5, 5.41) is 2.98. The number of nitrogens with one attached hydrogen (secondary N) is 1. The van der Waals surface area contributed by atoms with Gasteiger partial charge in [-0.2, -0.15) is 0 Å². The number of carbonyl (C=O) groups excluding carboxylic acids is 2. The van der Waals surface area contributed by atoms with Crippen molar-refractivity contribution in [3.05, 3.63) is 59.2 Å². The molecule has 0 radical (unpaired) electrons. The van der Waals surface area contributed by atoms with Gasteiger partial charge in [0.1, 0.15) is 0 Å². The number of benzene rings is 2. The van der Waals surface area contributed by atoms with Crippen molar-refractivity contribution in [1.29, 1.82) is 0 Å². The van der Waals surface area contributed by atoms with Crippen molar-refractivity contribution >= 4 is 23.2 Å². The topological polar surface area (TPSA) is 49.4 Å². The zero-order chi connectivity index (χ0) is 17.3. The molecule has 1 heterocycles. The van der Waals surface area contributed by atoms with Gasteiger partial charge in [0, 0.05) is 24.3 Å². The van der Waals surface area contributed by atoms with Crippen molar-refractivity contribution in [2.75, 3.05) is 16.8 Å². The fourth-order valence-corrected chi connectivity index (χ4v) is 3.10. The summed E-state index contributed by atoms with van der Waals surface area (Å²) in [6.45, 7) is 6.42. The van der Waals surface area contributed by atoms with Crippen molar-refractivity contribution in [3.8, 4) is 0 Å². The van der Waals surface area contributed by atoms with Crippen molar-refractivity contribution in [1.82, 2.24) is 0 Å². The Kier molecular flexibility index (Phi) is 4.38. The first-order chi connectivity index (χ1) is 11.5. The third kappa shape index (κ3) is 3.04. The number of aryl methyl sites for hydroxylation is 2. The Morgan fingerprint density at radius 3 is 2.50 bits per heavy atom. The first kappa shape index (κ1) is 16.2. The SMILES string of the molecule is Cc1ccccc1N1CC(C(=O)Nc2cccc(C)c2C)CC1=O. The number of hydrogen-bond donors (Lipinski definition) is 1. The highest BCUT2D eigenvalue weighted by Crippen LogP contribution is 2.29. The number of nitrogens with zero attached hydrogens (tertiary/aromatic N) is 1. The van der Waals surface area contributed by atoms with Crippen LogP contribution in [0.15, 0.2) is 42.5 Å². The summed E-state index contributed by atoms with van der Waals surface area (Å²) < 4.78 is 0. The smallest absolute Gasteiger partial charge is 0.229 e. The van der Waals surface area contributed by atoms with Crippen LogP contribution in [0.1, 0.15) is 23.1 Å². The summed E-state index contributed by atoms with van der Waals surface area (Å²) in [6, 6.07) is 13.6. The van der Waals surface area contributed by atoms with Gasteiger partial charge >= 0.3 is 0 Å². The Balaban J connectivity index is 1.75. The van der Waals surface area contributed by atoms with Gasteiger partial charge in [-0.25, -0.2) is 0 Å². The van der Waals surface area contributed by atoms with Crippen molar-refractivity contribution in [2.45, 2.75) is 27.2 Å². The van der Waals surface area contributed by atoms with E-state index in [1.54, 1.807) is 4.90 Å². The minimum absolute atomic E-state index is 0.00501. The molecule has 1 saturated heterocycles. The average Bonchev–Trinajstić information content (AvgIpc) is 2.94. The zero-order valence-corrected chi connectivity index (χ0v) is 14.3. The number of amides is 2. The molecule has 1 atom stereocenters. The maximum atomic E-state index is 12.6. The molecule has 24 heavy (non-hydrogen) atoms. The summed E-state index contributed by atoms with van der Waals surface area (Å²) in [6.07, 6.45) is 0.255. The van der Waals surface area contributed by atoms with E-state index in [9.17, 15) is 9.59 Å². The molecule has 1 fully saturated rings. The molecule has 0 bridgehead atoms. The number of anilines is 2. The van der Waals surface area contributed by atoms with Crippen LogP contribution < -0.4 is 10.2 Å². The average molecular weight is 322 g/mol. The molecular weight excluding hydrogens is 300 g/mol. The second-order valence-electron chi connectivity index (χ2n) is 6.43. The monoisotopic (exact) mass is 322 g/mol. The number of para-hydroxylation sites is 1. The number of rotatable bonds is 3. The molecule has 0 aromatic heterocycles. The molecule has 0 spiro atoms. The van der Waals surface area contributed by atoms with Crippen molar-refractivity contribution < 1.29 is 9.59 Å². The molecule has 4 nitrogen and oxygen atoms in total. The molecule has 0 saturated carbocycles. The fourth-order valence-electron chi connectivity index (χ4n) is 3.10. The van der Waals surface area contributed by atoms with E-state index in [-0.39, 0.29) is 24.2 Å². The summed E-state index contributed by atoms with van der Waals surface area (Å²) in [5.74, 6) is -0.407. The molecule has 124 valence electrons. The van der Waals surface area contributed by atoms with Crippen LogP contribution in [0.25, 0.3) is 0 Å². The Bertz CT molecular complexity index is 798. The van der Waals surface area contributed by atoms with Crippen molar-refractivity contribution in [3.63, 3.8) is 0 Å². The lowest BCUT2D eigenvalue weighted by molar-refractivity contribution is -0.122. The lowest BCUT2D eigenvalue weighted by atomic mass is 10.1. The van der Waals surface area contributed by atoms with Crippen LogP contribution in [0.3, 0.4) is 0 Å². The van der Waals surface area contributed by atoms with E-state index in [4.69, 9.17) is 0 Å². The summed E-state index contributed by atoms with van der Waals surface area (Å²) in [5.41, 5.74) is 4.95. The van der Waals surface area contributed by atoms with E-state index in [0.29, 0.717) is 6.54 Å².